The van der Waals surface area contributed by atoms with E-state index in [0.29, 0.717) is 11.1 Å². The third-order valence-corrected chi connectivity index (χ3v) is 2.19. The number of carbonyl (C=O) groups excluding carboxylic acids is 2. The molecule has 1 aliphatic rings. The number of ether oxygens (including phenoxy) is 3. The lowest BCUT2D eigenvalue weighted by Crippen LogP contribution is -2.34. The Morgan fingerprint density at radius 3 is 1.65 bits per heavy atom. The van der Waals surface area contributed by atoms with E-state index in [2.05, 4.69) is 13.2 Å². The molecule has 0 aromatic rings. The van der Waals surface area contributed by atoms with Gasteiger partial charge in [0.25, 0.3) is 0 Å². The summed E-state index contributed by atoms with van der Waals surface area (Å²) in [5.41, 5.74) is 0.587. The van der Waals surface area contributed by atoms with Crippen molar-refractivity contribution in [3.63, 3.8) is 0 Å². The van der Waals surface area contributed by atoms with Gasteiger partial charge in [-0.25, -0.2) is 9.59 Å². The van der Waals surface area contributed by atoms with Gasteiger partial charge in [0.1, 0.15) is 0 Å². The number of carbonyl (C=O) groups is 2. The van der Waals surface area contributed by atoms with E-state index in [0.717, 1.165) is 0 Å². The fourth-order valence-electron chi connectivity index (χ4n) is 1.21. The van der Waals surface area contributed by atoms with Crippen LogP contribution in [0.15, 0.2) is 24.3 Å². The van der Waals surface area contributed by atoms with Gasteiger partial charge in [-0.15, -0.1) is 0 Å². The van der Waals surface area contributed by atoms with E-state index in [1.54, 1.807) is 13.8 Å². The molecule has 1 saturated heterocycles. The summed E-state index contributed by atoms with van der Waals surface area (Å²) in [4.78, 5) is 22.7. The smallest absolute Gasteiger partial charge is 0.333 e. The van der Waals surface area contributed by atoms with Crippen molar-refractivity contribution in [3.05, 3.63) is 24.3 Å². The first-order valence-electron chi connectivity index (χ1n) is 5.22. The van der Waals surface area contributed by atoms with E-state index in [-0.39, 0.29) is 13.2 Å². The average Bonchev–Trinajstić information content (AvgIpc) is 2.65. The molecule has 5 heteroatoms. The third-order valence-electron chi connectivity index (χ3n) is 2.19. The Hall–Kier alpha value is -1.62. The van der Waals surface area contributed by atoms with Gasteiger partial charge in [-0.2, -0.15) is 0 Å². The van der Waals surface area contributed by atoms with Crippen LogP contribution < -0.4 is 0 Å². The lowest BCUT2D eigenvalue weighted by molar-refractivity contribution is -0.158. The van der Waals surface area contributed by atoms with Crippen LogP contribution in [0.3, 0.4) is 0 Å². The fraction of sp³-hybridized carbons (Fsp3) is 0.500. The second-order valence-electron chi connectivity index (χ2n) is 3.99. The van der Waals surface area contributed by atoms with Crippen LogP contribution in [0, 0.1) is 0 Å². The number of hydrogen-bond donors (Lipinski definition) is 0. The summed E-state index contributed by atoms with van der Waals surface area (Å²) in [5.74, 6) is -1.03. The van der Waals surface area contributed by atoms with Crippen LogP contribution in [0.1, 0.15) is 13.8 Å². The number of rotatable bonds is 4. The van der Waals surface area contributed by atoms with Crippen LogP contribution >= 0.6 is 0 Å². The molecule has 0 saturated carbocycles. The Bertz CT molecular complexity index is 324. The highest BCUT2D eigenvalue weighted by Crippen LogP contribution is 2.16. The molecule has 0 aromatic heterocycles. The van der Waals surface area contributed by atoms with Gasteiger partial charge in [0.15, 0.2) is 12.2 Å². The van der Waals surface area contributed by atoms with Crippen molar-refractivity contribution in [1.29, 1.82) is 0 Å². The van der Waals surface area contributed by atoms with Crippen molar-refractivity contribution < 1.29 is 23.8 Å². The highest BCUT2D eigenvalue weighted by Gasteiger charge is 2.34. The predicted molar refractivity (Wildman–Crippen MR) is 60.2 cm³/mol. The molecule has 0 amide bonds. The Morgan fingerprint density at radius 2 is 1.35 bits per heavy atom. The second-order valence-corrected chi connectivity index (χ2v) is 3.99. The van der Waals surface area contributed by atoms with Gasteiger partial charge in [-0.05, 0) is 13.8 Å². The first kappa shape index (κ1) is 13.4. The molecular formula is C12H16O5. The van der Waals surface area contributed by atoms with Crippen LogP contribution in [-0.2, 0) is 23.8 Å². The number of hydrogen-bond acceptors (Lipinski definition) is 5. The maximum Gasteiger partial charge on any atom is 0.333 e. The van der Waals surface area contributed by atoms with Crippen molar-refractivity contribution in [1.82, 2.24) is 0 Å². The first-order chi connectivity index (χ1) is 7.91. The zero-order chi connectivity index (χ0) is 13.0. The van der Waals surface area contributed by atoms with Gasteiger partial charge in [0.05, 0.1) is 13.2 Å². The summed E-state index contributed by atoms with van der Waals surface area (Å²) >= 11 is 0. The molecule has 5 nitrogen and oxygen atoms in total. The van der Waals surface area contributed by atoms with Gasteiger partial charge < -0.3 is 14.2 Å². The lowest BCUT2D eigenvalue weighted by Gasteiger charge is -2.18. The summed E-state index contributed by atoms with van der Waals surface area (Å²) in [6, 6.07) is 0. The predicted octanol–water partition coefficient (Wildman–Crippen LogP) is 0.992. The summed E-state index contributed by atoms with van der Waals surface area (Å²) in [7, 11) is 0. The minimum atomic E-state index is -0.581. The molecule has 0 aliphatic carbocycles. The van der Waals surface area contributed by atoms with E-state index in [9.17, 15) is 9.59 Å². The van der Waals surface area contributed by atoms with E-state index in [1.807, 2.05) is 0 Å². The molecule has 17 heavy (non-hydrogen) atoms. The Morgan fingerprint density at radius 1 is 1.00 bits per heavy atom. The zero-order valence-corrected chi connectivity index (χ0v) is 10.0. The zero-order valence-electron chi connectivity index (χ0n) is 10.0. The van der Waals surface area contributed by atoms with Gasteiger partial charge in [-0.1, -0.05) is 13.2 Å². The molecule has 94 valence electrons. The maximum absolute atomic E-state index is 11.3. The van der Waals surface area contributed by atoms with Crippen molar-refractivity contribution in [2.75, 3.05) is 13.2 Å². The maximum atomic E-state index is 11.3. The highest BCUT2D eigenvalue weighted by atomic mass is 16.6. The Labute approximate surface area is 100 Å². The molecule has 1 fully saturated rings. The van der Waals surface area contributed by atoms with E-state index in [4.69, 9.17) is 14.2 Å². The molecule has 0 aromatic carbocycles. The van der Waals surface area contributed by atoms with Gasteiger partial charge in [-0.3, -0.25) is 0 Å². The van der Waals surface area contributed by atoms with Crippen LogP contribution in [0.4, 0.5) is 0 Å². The van der Waals surface area contributed by atoms with Crippen molar-refractivity contribution in [2.24, 2.45) is 0 Å². The van der Waals surface area contributed by atoms with E-state index in [1.165, 1.54) is 0 Å². The summed E-state index contributed by atoms with van der Waals surface area (Å²) in [6.45, 7) is 10.5. The fourth-order valence-corrected chi connectivity index (χ4v) is 1.21. The summed E-state index contributed by atoms with van der Waals surface area (Å²) in [5, 5.41) is 0. The van der Waals surface area contributed by atoms with Gasteiger partial charge in [0, 0.05) is 11.1 Å². The van der Waals surface area contributed by atoms with E-state index < -0.39 is 24.1 Å². The molecular weight excluding hydrogens is 224 g/mol. The Kier molecular flexibility index (Phi) is 4.45. The summed E-state index contributed by atoms with van der Waals surface area (Å²) < 4.78 is 15.3. The second kappa shape index (κ2) is 5.63. The van der Waals surface area contributed by atoms with Gasteiger partial charge >= 0.3 is 11.9 Å². The quantitative estimate of drug-likeness (QED) is 0.541. The van der Waals surface area contributed by atoms with Crippen LogP contribution in [0.25, 0.3) is 0 Å². The van der Waals surface area contributed by atoms with Crippen LogP contribution in [-0.4, -0.2) is 37.4 Å². The highest BCUT2D eigenvalue weighted by molar-refractivity contribution is 5.88. The monoisotopic (exact) mass is 240 g/mol. The molecule has 0 N–H and O–H groups in total. The molecule has 1 rings (SSSR count). The summed E-state index contributed by atoms with van der Waals surface area (Å²) in [6.07, 6.45) is -1.16. The van der Waals surface area contributed by atoms with Crippen molar-refractivity contribution in [3.8, 4) is 0 Å². The standard InChI is InChI=1S/C12H16O5/c1-7(2)11(13)16-9-5-15-6-10(9)17-12(14)8(3)4/h9-10H,1,3,5-6H2,2,4H3. The average molecular weight is 240 g/mol. The molecule has 2 unspecified atom stereocenters. The van der Waals surface area contributed by atoms with Crippen LogP contribution in [0.5, 0.6) is 0 Å². The molecule has 1 aliphatic heterocycles. The van der Waals surface area contributed by atoms with Crippen LogP contribution in [0.2, 0.25) is 0 Å². The minimum Gasteiger partial charge on any atom is -0.452 e. The molecule has 0 radical (unpaired) electrons. The lowest BCUT2D eigenvalue weighted by atomic mass is 10.2. The molecule has 0 spiro atoms. The van der Waals surface area contributed by atoms with Gasteiger partial charge in [0.2, 0.25) is 0 Å². The topological polar surface area (TPSA) is 61.8 Å². The van der Waals surface area contributed by atoms with Crippen molar-refractivity contribution >= 4 is 11.9 Å². The SMILES string of the molecule is C=C(C)C(=O)OC1COCC1OC(=O)C(=C)C. The number of esters is 2. The molecule has 2 atom stereocenters. The van der Waals surface area contributed by atoms with E-state index >= 15 is 0 Å². The Balaban J connectivity index is 2.55. The first-order valence-corrected chi connectivity index (χ1v) is 5.22. The minimum absolute atomic E-state index is 0.215. The molecule has 1 heterocycles. The van der Waals surface area contributed by atoms with Crippen molar-refractivity contribution in [2.45, 2.75) is 26.1 Å². The third kappa shape index (κ3) is 3.71. The normalized spacial score (nSPS) is 22.9. The largest absolute Gasteiger partial charge is 0.452 e. The molecule has 0 bridgehead atoms.